The molecule has 0 radical (unpaired) electrons. The van der Waals surface area contributed by atoms with Gasteiger partial charge in [0.1, 0.15) is 0 Å². The van der Waals surface area contributed by atoms with Crippen LogP contribution in [0.2, 0.25) is 5.02 Å². The van der Waals surface area contributed by atoms with Gasteiger partial charge >= 0.3 is 5.69 Å². The molecule has 0 aliphatic rings. The molecule has 4 nitrogen and oxygen atoms in total. The van der Waals surface area contributed by atoms with Crippen molar-refractivity contribution in [2.75, 3.05) is 0 Å². The molecule has 0 amide bonds. The second kappa shape index (κ2) is 5.69. The highest BCUT2D eigenvalue weighted by Crippen LogP contribution is 2.10. The number of aromatic nitrogens is 2. The fourth-order valence-electron chi connectivity index (χ4n) is 1.72. The molecule has 2 rings (SSSR count). The predicted molar refractivity (Wildman–Crippen MR) is 71.1 cm³/mol. The lowest BCUT2D eigenvalue weighted by atomic mass is 10.1. The number of aryl methyl sites for hydroxylation is 2. The van der Waals surface area contributed by atoms with Crippen molar-refractivity contribution >= 4 is 11.6 Å². The molecule has 0 atom stereocenters. The van der Waals surface area contributed by atoms with E-state index in [4.69, 9.17) is 11.6 Å². The third-order valence-electron chi connectivity index (χ3n) is 2.67. The van der Waals surface area contributed by atoms with Gasteiger partial charge in [-0.3, -0.25) is 9.78 Å². The van der Waals surface area contributed by atoms with Gasteiger partial charge in [0.25, 0.3) is 5.56 Å². The number of H-pyrrole nitrogens is 1. The molecule has 18 heavy (non-hydrogen) atoms. The fraction of sp³-hybridized carbons (Fsp3) is 0.231. The molecule has 0 fully saturated rings. The summed E-state index contributed by atoms with van der Waals surface area (Å²) in [5.41, 5.74) is 0.449. The highest BCUT2D eigenvalue weighted by Gasteiger charge is 1.98. The van der Waals surface area contributed by atoms with Crippen molar-refractivity contribution in [1.82, 2.24) is 9.55 Å². The summed E-state index contributed by atoms with van der Waals surface area (Å²) in [5.74, 6) is 0. The van der Waals surface area contributed by atoms with E-state index in [2.05, 4.69) is 4.98 Å². The van der Waals surface area contributed by atoms with Crippen molar-refractivity contribution in [1.29, 1.82) is 0 Å². The molecule has 1 aromatic heterocycles. The Kier molecular flexibility index (Phi) is 3.99. The number of hydrogen-bond acceptors (Lipinski definition) is 2. The summed E-state index contributed by atoms with van der Waals surface area (Å²) in [7, 11) is 0. The van der Waals surface area contributed by atoms with Crippen LogP contribution in [0.1, 0.15) is 12.0 Å². The fourth-order valence-corrected chi connectivity index (χ4v) is 1.85. The van der Waals surface area contributed by atoms with E-state index in [1.165, 1.54) is 22.4 Å². The average molecular weight is 265 g/mol. The molecule has 5 heteroatoms. The molecule has 0 bridgehead atoms. The minimum Gasteiger partial charge on any atom is -0.301 e. The summed E-state index contributed by atoms with van der Waals surface area (Å²) >= 11 is 5.80. The number of halogens is 1. The van der Waals surface area contributed by atoms with Gasteiger partial charge in [0.05, 0.1) is 0 Å². The van der Waals surface area contributed by atoms with Gasteiger partial charge in [0, 0.05) is 23.8 Å². The maximum atomic E-state index is 11.4. The highest BCUT2D eigenvalue weighted by molar-refractivity contribution is 6.30. The number of nitrogens with zero attached hydrogens (tertiary/aromatic N) is 1. The van der Waals surface area contributed by atoms with Crippen LogP contribution in [0.15, 0.2) is 46.1 Å². The molecule has 0 saturated carbocycles. The van der Waals surface area contributed by atoms with Crippen LogP contribution in [-0.2, 0) is 13.0 Å². The molecule has 1 aromatic carbocycles. The maximum absolute atomic E-state index is 11.4. The van der Waals surface area contributed by atoms with Crippen LogP contribution >= 0.6 is 11.6 Å². The molecular formula is C13H13ClN2O2. The van der Waals surface area contributed by atoms with Crippen LogP contribution in [0.5, 0.6) is 0 Å². The van der Waals surface area contributed by atoms with Gasteiger partial charge in [0.2, 0.25) is 0 Å². The van der Waals surface area contributed by atoms with Crippen LogP contribution in [0.25, 0.3) is 0 Å². The molecule has 1 N–H and O–H groups in total. The molecule has 0 spiro atoms. The standard InChI is InChI=1S/C13H13ClN2O2/c14-11-5-3-10(4-6-11)2-1-8-16-9-7-12(17)15-13(16)18/h3-7,9H,1-2,8H2,(H,15,17,18). The first kappa shape index (κ1) is 12.6. The second-order valence-corrected chi connectivity index (χ2v) is 4.47. The van der Waals surface area contributed by atoms with Gasteiger partial charge in [-0.05, 0) is 30.5 Å². The van der Waals surface area contributed by atoms with Crippen molar-refractivity contribution in [3.63, 3.8) is 0 Å². The van der Waals surface area contributed by atoms with Crippen LogP contribution in [0.4, 0.5) is 0 Å². The zero-order valence-corrected chi connectivity index (χ0v) is 10.5. The number of hydrogen-bond donors (Lipinski definition) is 1. The Hall–Kier alpha value is -1.81. The molecule has 2 aromatic rings. The van der Waals surface area contributed by atoms with E-state index in [0.29, 0.717) is 6.54 Å². The van der Waals surface area contributed by atoms with E-state index < -0.39 is 0 Å². The number of benzene rings is 1. The summed E-state index contributed by atoms with van der Waals surface area (Å²) in [6.45, 7) is 0.582. The number of rotatable bonds is 4. The molecule has 0 aliphatic carbocycles. The van der Waals surface area contributed by atoms with Gasteiger partial charge in [-0.2, -0.15) is 0 Å². The largest absolute Gasteiger partial charge is 0.328 e. The van der Waals surface area contributed by atoms with Crippen molar-refractivity contribution in [3.8, 4) is 0 Å². The summed E-state index contributed by atoms with van der Waals surface area (Å²) in [6.07, 6.45) is 3.21. The zero-order chi connectivity index (χ0) is 13.0. The Morgan fingerprint density at radius 2 is 1.83 bits per heavy atom. The molecule has 1 heterocycles. The van der Waals surface area contributed by atoms with Crippen molar-refractivity contribution in [2.45, 2.75) is 19.4 Å². The lowest BCUT2D eigenvalue weighted by molar-refractivity contribution is 0.605. The Morgan fingerprint density at radius 1 is 1.11 bits per heavy atom. The SMILES string of the molecule is O=c1ccn(CCCc2ccc(Cl)cc2)c(=O)[nH]1. The van der Waals surface area contributed by atoms with E-state index in [1.807, 2.05) is 24.3 Å². The van der Waals surface area contributed by atoms with Gasteiger partial charge in [-0.1, -0.05) is 23.7 Å². The molecule has 94 valence electrons. The first-order chi connectivity index (χ1) is 8.65. The van der Waals surface area contributed by atoms with Crippen LogP contribution in [0.3, 0.4) is 0 Å². The second-order valence-electron chi connectivity index (χ2n) is 4.03. The quantitative estimate of drug-likeness (QED) is 0.916. The van der Waals surface area contributed by atoms with Crippen molar-refractivity contribution < 1.29 is 0 Å². The predicted octanol–water partition coefficient (Wildman–Crippen LogP) is 1.82. The Bertz CT molecular complexity index is 628. The lowest BCUT2D eigenvalue weighted by Gasteiger charge is -2.04. The molecule has 0 unspecified atom stereocenters. The average Bonchev–Trinajstić information content (AvgIpc) is 2.34. The van der Waals surface area contributed by atoms with Gasteiger partial charge in [-0.15, -0.1) is 0 Å². The number of aromatic amines is 1. The Labute approximate surface area is 109 Å². The third kappa shape index (κ3) is 3.34. The van der Waals surface area contributed by atoms with E-state index >= 15 is 0 Å². The van der Waals surface area contributed by atoms with Crippen LogP contribution in [-0.4, -0.2) is 9.55 Å². The van der Waals surface area contributed by atoms with E-state index in [0.717, 1.165) is 17.9 Å². The van der Waals surface area contributed by atoms with E-state index in [1.54, 1.807) is 0 Å². The van der Waals surface area contributed by atoms with E-state index in [9.17, 15) is 9.59 Å². The Morgan fingerprint density at radius 3 is 2.50 bits per heavy atom. The molecule has 0 aliphatic heterocycles. The highest BCUT2D eigenvalue weighted by atomic mass is 35.5. The molecular weight excluding hydrogens is 252 g/mol. The summed E-state index contributed by atoms with van der Waals surface area (Å²) in [5, 5.41) is 0.718. The third-order valence-corrected chi connectivity index (χ3v) is 2.93. The maximum Gasteiger partial charge on any atom is 0.328 e. The van der Waals surface area contributed by atoms with Gasteiger partial charge in [0.15, 0.2) is 0 Å². The van der Waals surface area contributed by atoms with Crippen molar-refractivity contribution in [3.05, 3.63) is 68.0 Å². The first-order valence-corrected chi connectivity index (χ1v) is 6.07. The summed E-state index contributed by atoms with van der Waals surface area (Å²) in [6, 6.07) is 8.99. The summed E-state index contributed by atoms with van der Waals surface area (Å²) in [4.78, 5) is 24.5. The minimum atomic E-state index is -0.367. The first-order valence-electron chi connectivity index (χ1n) is 5.69. The van der Waals surface area contributed by atoms with Crippen LogP contribution < -0.4 is 11.2 Å². The lowest BCUT2D eigenvalue weighted by Crippen LogP contribution is -2.28. The zero-order valence-electron chi connectivity index (χ0n) is 9.73. The van der Waals surface area contributed by atoms with Crippen LogP contribution in [0, 0.1) is 0 Å². The normalized spacial score (nSPS) is 10.5. The monoisotopic (exact) mass is 264 g/mol. The van der Waals surface area contributed by atoms with Crippen molar-refractivity contribution in [2.24, 2.45) is 0 Å². The topological polar surface area (TPSA) is 54.9 Å². The van der Waals surface area contributed by atoms with E-state index in [-0.39, 0.29) is 11.2 Å². The molecule has 0 saturated heterocycles. The summed E-state index contributed by atoms with van der Waals surface area (Å²) < 4.78 is 1.50. The minimum absolute atomic E-state index is 0.362. The van der Waals surface area contributed by atoms with Gasteiger partial charge < -0.3 is 4.57 Å². The number of nitrogens with one attached hydrogen (secondary N) is 1. The van der Waals surface area contributed by atoms with Gasteiger partial charge in [-0.25, -0.2) is 4.79 Å². The smallest absolute Gasteiger partial charge is 0.301 e. The Balaban J connectivity index is 1.94.